The van der Waals surface area contributed by atoms with E-state index in [4.69, 9.17) is 14.2 Å². The molecule has 0 radical (unpaired) electrons. The molecular formula is C28H31NO4. The van der Waals surface area contributed by atoms with E-state index in [1.165, 1.54) is 5.56 Å². The number of carbonyl (C=O) groups is 1. The lowest BCUT2D eigenvalue weighted by Crippen LogP contribution is -2.43. The highest BCUT2D eigenvalue weighted by Gasteiger charge is 2.39. The molecule has 5 nitrogen and oxygen atoms in total. The molecule has 0 heterocycles. The quantitative estimate of drug-likeness (QED) is 0.455. The Morgan fingerprint density at radius 2 is 1.55 bits per heavy atom. The number of ether oxygens (including phenoxy) is 3. The lowest BCUT2D eigenvalue weighted by Gasteiger charge is -2.32. The summed E-state index contributed by atoms with van der Waals surface area (Å²) in [5, 5.41) is 0. The van der Waals surface area contributed by atoms with Crippen molar-refractivity contribution >= 4 is 6.09 Å². The zero-order valence-electron chi connectivity index (χ0n) is 19.7. The molecule has 0 unspecified atom stereocenters. The van der Waals surface area contributed by atoms with Crippen molar-refractivity contribution in [2.24, 2.45) is 0 Å². The number of hydrogen-bond donors (Lipinski definition) is 0. The number of fused-ring (bicyclic) bond motifs is 1. The number of carbonyl (C=O) groups excluding carboxylic acids is 1. The van der Waals surface area contributed by atoms with Crippen LogP contribution in [0.25, 0.3) is 0 Å². The molecule has 0 saturated heterocycles. The van der Waals surface area contributed by atoms with Gasteiger partial charge in [-0.3, -0.25) is 0 Å². The van der Waals surface area contributed by atoms with Gasteiger partial charge in [-0.05, 0) is 68.1 Å². The van der Waals surface area contributed by atoms with Crippen LogP contribution in [-0.4, -0.2) is 29.7 Å². The van der Waals surface area contributed by atoms with Gasteiger partial charge in [-0.15, -0.1) is 0 Å². The van der Waals surface area contributed by atoms with E-state index in [2.05, 4.69) is 12.1 Å². The minimum Gasteiger partial charge on any atom is -0.489 e. The second-order valence-electron chi connectivity index (χ2n) is 9.35. The van der Waals surface area contributed by atoms with Gasteiger partial charge in [0.25, 0.3) is 0 Å². The number of likely N-dealkylation sites (N-methyl/N-ethyl adjacent to an activating group) is 1. The van der Waals surface area contributed by atoms with Crippen LogP contribution < -0.4 is 9.47 Å². The first-order chi connectivity index (χ1) is 15.8. The number of nitrogens with zero attached hydrogens (tertiary/aromatic N) is 1. The Kier molecular flexibility index (Phi) is 6.59. The minimum atomic E-state index is -0.553. The van der Waals surface area contributed by atoms with Crippen LogP contribution in [0.4, 0.5) is 4.79 Å². The zero-order valence-corrected chi connectivity index (χ0v) is 19.7. The van der Waals surface area contributed by atoms with Crippen LogP contribution in [-0.2, 0) is 17.8 Å². The Hall–Kier alpha value is -3.47. The average molecular weight is 446 g/mol. The third-order valence-corrected chi connectivity index (χ3v) is 5.65. The zero-order chi connectivity index (χ0) is 23.4. The minimum absolute atomic E-state index is 0.161. The van der Waals surface area contributed by atoms with Crippen LogP contribution in [0.15, 0.2) is 78.9 Å². The van der Waals surface area contributed by atoms with Crippen molar-refractivity contribution in [3.8, 4) is 11.5 Å². The molecule has 33 heavy (non-hydrogen) atoms. The molecule has 3 aromatic rings. The van der Waals surface area contributed by atoms with Crippen LogP contribution in [0.1, 0.15) is 43.6 Å². The van der Waals surface area contributed by atoms with E-state index in [1.54, 1.807) is 11.9 Å². The number of amides is 1. The predicted octanol–water partition coefficient (Wildman–Crippen LogP) is 6.18. The van der Waals surface area contributed by atoms with Crippen LogP contribution in [0.3, 0.4) is 0 Å². The van der Waals surface area contributed by atoms with Gasteiger partial charge in [-0.25, -0.2) is 4.79 Å². The molecule has 1 aliphatic rings. The molecule has 0 spiro atoms. The molecule has 0 bridgehead atoms. The lowest BCUT2D eigenvalue weighted by atomic mass is 10.1. The van der Waals surface area contributed by atoms with E-state index in [9.17, 15) is 4.79 Å². The maximum Gasteiger partial charge on any atom is 0.410 e. The SMILES string of the molecule is CN(C(=O)OC(C)(C)C)[C@@H]1Cc2ccccc2[C@@H]1Oc1ccc(OCc2ccccc2)cc1. The van der Waals surface area contributed by atoms with Gasteiger partial charge in [-0.2, -0.15) is 0 Å². The summed E-state index contributed by atoms with van der Waals surface area (Å²) in [5.41, 5.74) is 2.85. The summed E-state index contributed by atoms with van der Waals surface area (Å²) in [7, 11) is 1.78. The summed E-state index contributed by atoms with van der Waals surface area (Å²) in [6.07, 6.45) is 0.0860. The fraction of sp³-hybridized carbons (Fsp3) is 0.321. The molecule has 5 heteroatoms. The topological polar surface area (TPSA) is 48.0 Å². The van der Waals surface area contributed by atoms with E-state index >= 15 is 0 Å². The smallest absolute Gasteiger partial charge is 0.410 e. The molecule has 1 amide bonds. The fourth-order valence-electron chi connectivity index (χ4n) is 3.99. The second-order valence-corrected chi connectivity index (χ2v) is 9.35. The van der Waals surface area contributed by atoms with Crippen molar-refractivity contribution in [3.63, 3.8) is 0 Å². The van der Waals surface area contributed by atoms with Gasteiger partial charge >= 0.3 is 6.09 Å². The van der Waals surface area contributed by atoms with Crippen LogP contribution >= 0.6 is 0 Å². The fourth-order valence-corrected chi connectivity index (χ4v) is 3.99. The molecule has 0 N–H and O–H groups in total. The summed E-state index contributed by atoms with van der Waals surface area (Å²) in [6, 6.07) is 25.7. The van der Waals surface area contributed by atoms with Gasteiger partial charge in [0.05, 0.1) is 6.04 Å². The first kappa shape index (κ1) is 22.7. The highest BCUT2D eigenvalue weighted by atomic mass is 16.6. The van der Waals surface area contributed by atoms with Crippen molar-refractivity contribution in [3.05, 3.63) is 95.6 Å². The van der Waals surface area contributed by atoms with Gasteiger partial charge < -0.3 is 19.1 Å². The van der Waals surface area contributed by atoms with E-state index in [0.29, 0.717) is 6.61 Å². The Labute approximate surface area is 195 Å². The Balaban J connectivity index is 1.47. The van der Waals surface area contributed by atoms with E-state index in [-0.39, 0.29) is 18.2 Å². The van der Waals surface area contributed by atoms with E-state index < -0.39 is 5.60 Å². The molecule has 2 atom stereocenters. The maximum absolute atomic E-state index is 12.8. The molecule has 0 saturated carbocycles. The monoisotopic (exact) mass is 445 g/mol. The van der Waals surface area contributed by atoms with Crippen molar-refractivity contribution in [1.29, 1.82) is 0 Å². The summed E-state index contributed by atoms with van der Waals surface area (Å²) < 4.78 is 17.9. The van der Waals surface area contributed by atoms with Crippen molar-refractivity contribution in [2.45, 2.75) is 51.5 Å². The summed E-state index contributed by atoms with van der Waals surface area (Å²) in [6.45, 7) is 6.13. The summed E-state index contributed by atoms with van der Waals surface area (Å²) >= 11 is 0. The second kappa shape index (κ2) is 9.57. The van der Waals surface area contributed by atoms with Gasteiger partial charge in [0.2, 0.25) is 0 Å². The maximum atomic E-state index is 12.8. The summed E-state index contributed by atoms with van der Waals surface area (Å²) in [5.74, 6) is 1.51. The third kappa shape index (κ3) is 5.67. The van der Waals surface area contributed by atoms with Gasteiger partial charge in [0.15, 0.2) is 0 Å². The molecule has 4 rings (SSSR count). The summed E-state index contributed by atoms with van der Waals surface area (Å²) in [4.78, 5) is 14.4. The standard InChI is InChI=1S/C28H31NO4/c1-28(2,3)33-27(30)29(4)25-18-21-12-8-9-13-24(21)26(25)32-23-16-14-22(15-17-23)31-19-20-10-6-5-7-11-20/h5-17,25-26H,18-19H2,1-4H3/t25-,26+/m1/s1. The van der Waals surface area contributed by atoms with Gasteiger partial charge in [0, 0.05) is 7.05 Å². The largest absolute Gasteiger partial charge is 0.489 e. The first-order valence-electron chi connectivity index (χ1n) is 11.3. The number of rotatable bonds is 6. The number of hydrogen-bond acceptors (Lipinski definition) is 4. The predicted molar refractivity (Wildman–Crippen MR) is 129 cm³/mol. The van der Waals surface area contributed by atoms with Crippen LogP contribution in [0.5, 0.6) is 11.5 Å². The van der Waals surface area contributed by atoms with Crippen LogP contribution in [0.2, 0.25) is 0 Å². The molecule has 172 valence electrons. The molecule has 0 fully saturated rings. The van der Waals surface area contributed by atoms with Gasteiger partial charge in [-0.1, -0.05) is 54.6 Å². The Morgan fingerprint density at radius 3 is 2.24 bits per heavy atom. The number of benzene rings is 3. The van der Waals surface area contributed by atoms with E-state index in [1.807, 2.05) is 87.5 Å². The average Bonchev–Trinajstić information content (AvgIpc) is 3.16. The van der Waals surface area contributed by atoms with Crippen molar-refractivity contribution < 1.29 is 19.0 Å². The van der Waals surface area contributed by atoms with E-state index in [0.717, 1.165) is 29.0 Å². The van der Waals surface area contributed by atoms with Gasteiger partial charge in [0.1, 0.15) is 29.8 Å². The molecule has 3 aromatic carbocycles. The normalized spacial score (nSPS) is 17.2. The molecule has 1 aliphatic carbocycles. The van der Waals surface area contributed by atoms with Crippen LogP contribution in [0, 0.1) is 0 Å². The first-order valence-corrected chi connectivity index (χ1v) is 11.3. The lowest BCUT2D eigenvalue weighted by molar-refractivity contribution is 0.00929. The highest BCUT2D eigenvalue weighted by molar-refractivity contribution is 5.68. The Morgan fingerprint density at radius 1 is 0.909 bits per heavy atom. The highest BCUT2D eigenvalue weighted by Crippen LogP contribution is 2.38. The molecule has 0 aromatic heterocycles. The molecule has 0 aliphatic heterocycles. The Bertz CT molecular complexity index is 1070. The third-order valence-electron chi connectivity index (χ3n) is 5.65. The molecular weight excluding hydrogens is 414 g/mol. The van der Waals surface area contributed by atoms with Crippen molar-refractivity contribution in [2.75, 3.05) is 7.05 Å². The van der Waals surface area contributed by atoms with Crippen molar-refractivity contribution in [1.82, 2.24) is 4.90 Å².